The fourth-order valence-corrected chi connectivity index (χ4v) is 2.63. The Morgan fingerprint density at radius 2 is 2.07 bits per heavy atom. The van der Waals surface area contributed by atoms with Crippen LogP contribution in [0.15, 0.2) is 41.0 Å². The number of benzene rings is 1. The van der Waals surface area contributed by atoms with Gasteiger partial charge in [-0.15, -0.1) is 13.2 Å². The highest BCUT2D eigenvalue weighted by Gasteiger charge is 2.40. The largest absolute Gasteiger partial charge is 0.573 e. The van der Waals surface area contributed by atoms with Crippen molar-refractivity contribution >= 4 is 5.97 Å². The number of carbonyl (C=O) groups is 1. The van der Waals surface area contributed by atoms with Crippen molar-refractivity contribution in [2.24, 2.45) is 5.73 Å². The number of carbonyl (C=O) groups excluding carboxylic acids is 1. The van der Waals surface area contributed by atoms with Crippen molar-refractivity contribution in [3.05, 3.63) is 52.4 Å². The van der Waals surface area contributed by atoms with Gasteiger partial charge in [0.15, 0.2) is 0 Å². The molecule has 1 unspecified atom stereocenters. The summed E-state index contributed by atoms with van der Waals surface area (Å²) in [5, 5.41) is 9.41. The van der Waals surface area contributed by atoms with E-state index in [1.165, 1.54) is 13.8 Å². The van der Waals surface area contributed by atoms with Crippen LogP contribution < -0.4 is 10.5 Å². The molecule has 1 aliphatic heterocycles. The first-order chi connectivity index (χ1) is 12.6. The summed E-state index contributed by atoms with van der Waals surface area (Å²) in [6.45, 7) is 2.84. The Bertz CT molecular complexity index is 869. The van der Waals surface area contributed by atoms with Crippen LogP contribution in [0.25, 0.3) is 0 Å². The second-order valence-corrected chi connectivity index (χ2v) is 5.35. The van der Waals surface area contributed by atoms with Gasteiger partial charge in [0, 0.05) is 11.6 Å². The number of hydrogen-bond donors (Lipinski definition) is 1. The third-order valence-corrected chi connectivity index (χ3v) is 3.61. The molecule has 0 saturated carbocycles. The lowest BCUT2D eigenvalue weighted by atomic mass is 9.82. The molecule has 0 spiro atoms. The predicted molar refractivity (Wildman–Crippen MR) is 83.1 cm³/mol. The van der Waals surface area contributed by atoms with E-state index in [1.54, 1.807) is 6.07 Å². The number of halogens is 4. The lowest BCUT2D eigenvalue weighted by molar-refractivity contribution is -0.275. The van der Waals surface area contributed by atoms with E-state index in [4.69, 9.17) is 15.2 Å². The van der Waals surface area contributed by atoms with Crippen LogP contribution in [0.4, 0.5) is 17.6 Å². The van der Waals surface area contributed by atoms with Gasteiger partial charge in [-0.2, -0.15) is 5.26 Å². The van der Waals surface area contributed by atoms with Gasteiger partial charge in [-0.3, -0.25) is 0 Å². The maximum Gasteiger partial charge on any atom is 0.573 e. The quantitative estimate of drug-likeness (QED) is 0.630. The Hall–Kier alpha value is -3.22. The SMILES string of the molecule is CCOC(=O)C1=C(C)OC(N)=C(C#N)C1c1ccc(F)cc1OC(F)(F)F. The Morgan fingerprint density at radius 3 is 2.63 bits per heavy atom. The summed E-state index contributed by atoms with van der Waals surface area (Å²) in [6.07, 6.45) is -5.13. The lowest BCUT2D eigenvalue weighted by Gasteiger charge is -2.28. The summed E-state index contributed by atoms with van der Waals surface area (Å²) in [7, 11) is 0. The van der Waals surface area contributed by atoms with Crippen molar-refractivity contribution in [3.63, 3.8) is 0 Å². The normalized spacial score (nSPS) is 17.3. The van der Waals surface area contributed by atoms with E-state index in [9.17, 15) is 27.6 Å². The molecule has 0 saturated heterocycles. The Kier molecular flexibility index (Phi) is 5.64. The molecule has 144 valence electrons. The van der Waals surface area contributed by atoms with Gasteiger partial charge in [0.1, 0.15) is 29.0 Å². The first kappa shape index (κ1) is 20.1. The van der Waals surface area contributed by atoms with Crippen molar-refractivity contribution < 1.29 is 36.6 Å². The van der Waals surface area contributed by atoms with Crippen LogP contribution in [0.3, 0.4) is 0 Å². The third-order valence-electron chi connectivity index (χ3n) is 3.61. The molecular formula is C17H14F4N2O4. The van der Waals surface area contributed by atoms with Crippen LogP contribution in [0.5, 0.6) is 5.75 Å². The van der Waals surface area contributed by atoms with Gasteiger partial charge in [-0.1, -0.05) is 6.07 Å². The fraction of sp³-hybridized carbons (Fsp3) is 0.294. The molecule has 0 fully saturated rings. The van der Waals surface area contributed by atoms with Crippen molar-refractivity contribution in [3.8, 4) is 11.8 Å². The minimum absolute atomic E-state index is 0.0290. The Balaban J connectivity index is 2.72. The second kappa shape index (κ2) is 7.57. The van der Waals surface area contributed by atoms with Crippen LogP contribution in [0, 0.1) is 17.1 Å². The zero-order valence-electron chi connectivity index (χ0n) is 14.2. The molecule has 2 N–H and O–H groups in total. The zero-order valence-corrected chi connectivity index (χ0v) is 14.2. The highest BCUT2D eigenvalue weighted by Crippen LogP contribution is 2.44. The average Bonchev–Trinajstić information content (AvgIpc) is 2.53. The second-order valence-electron chi connectivity index (χ2n) is 5.35. The van der Waals surface area contributed by atoms with Gasteiger partial charge in [0.25, 0.3) is 0 Å². The standard InChI is InChI=1S/C17H14F4N2O4/c1-3-25-16(24)13-8(2)26-15(23)11(7-22)14(13)10-5-4-9(18)6-12(10)27-17(19,20)21/h4-6,14H,3,23H2,1-2H3. The van der Waals surface area contributed by atoms with Crippen molar-refractivity contribution in [1.29, 1.82) is 5.26 Å². The number of rotatable bonds is 4. The summed E-state index contributed by atoms with van der Waals surface area (Å²) in [4.78, 5) is 12.4. The molecule has 1 aromatic carbocycles. The van der Waals surface area contributed by atoms with E-state index < -0.39 is 35.7 Å². The molecule has 6 nitrogen and oxygen atoms in total. The van der Waals surface area contributed by atoms with Crippen LogP contribution in [-0.4, -0.2) is 18.9 Å². The summed E-state index contributed by atoms with van der Waals surface area (Å²) in [5.74, 6) is -4.67. The van der Waals surface area contributed by atoms with Gasteiger partial charge in [0.05, 0.1) is 18.1 Å². The van der Waals surface area contributed by atoms with E-state index in [1.807, 2.05) is 0 Å². The highest BCUT2D eigenvalue weighted by molar-refractivity contribution is 5.92. The number of allylic oxidation sites excluding steroid dienone is 2. The lowest BCUT2D eigenvalue weighted by Crippen LogP contribution is -2.27. The number of hydrogen-bond acceptors (Lipinski definition) is 6. The zero-order chi connectivity index (χ0) is 20.4. The molecular weight excluding hydrogens is 372 g/mol. The molecule has 0 aliphatic carbocycles. The van der Waals surface area contributed by atoms with Crippen molar-refractivity contribution in [1.82, 2.24) is 0 Å². The van der Waals surface area contributed by atoms with Gasteiger partial charge >= 0.3 is 12.3 Å². The first-order valence-corrected chi connectivity index (χ1v) is 7.59. The van der Waals surface area contributed by atoms with E-state index in [-0.39, 0.29) is 29.1 Å². The number of esters is 1. The smallest absolute Gasteiger partial charge is 0.463 e. The van der Waals surface area contributed by atoms with Crippen LogP contribution in [0.1, 0.15) is 25.3 Å². The maximum absolute atomic E-state index is 13.5. The van der Waals surface area contributed by atoms with Crippen LogP contribution in [-0.2, 0) is 14.3 Å². The molecule has 0 radical (unpaired) electrons. The molecule has 1 heterocycles. The van der Waals surface area contributed by atoms with E-state index >= 15 is 0 Å². The number of ether oxygens (including phenoxy) is 3. The molecule has 0 amide bonds. The van der Waals surface area contributed by atoms with Gasteiger partial charge in [0.2, 0.25) is 5.88 Å². The monoisotopic (exact) mass is 386 g/mol. The van der Waals surface area contributed by atoms with Gasteiger partial charge in [-0.25, -0.2) is 9.18 Å². The average molecular weight is 386 g/mol. The molecule has 1 aromatic rings. The molecule has 27 heavy (non-hydrogen) atoms. The number of nitrogens with zero attached hydrogens (tertiary/aromatic N) is 1. The van der Waals surface area contributed by atoms with E-state index in [0.717, 1.165) is 12.1 Å². The summed E-state index contributed by atoms with van der Waals surface area (Å²) < 4.78 is 65.7. The topological polar surface area (TPSA) is 94.6 Å². The minimum atomic E-state index is -5.13. The van der Waals surface area contributed by atoms with E-state index in [0.29, 0.717) is 6.07 Å². The Labute approximate surface area is 151 Å². The fourth-order valence-electron chi connectivity index (χ4n) is 2.63. The van der Waals surface area contributed by atoms with Gasteiger partial charge < -0.3 is 19.9 Å². The van der Waals surface area contributed by atoms with Crippen LogP contribution >= 0.6 is 0 Å². The third kappa shape index (κ3) is 4.31. The number of alkyl halides is 3. The highest BCUT2D eigenvalue weighted by atomic mass is 19.4. The molecule has 2 rings (SSSR count). The van der Waals surface area contributed by atoms with E-state index in [2.05, 4.69) is 4.74 Å². The molecule has 0 aromatic heterocycles. The molecule has 10 heteroatoms. The Morgan fingerprint density at radius 1 is 1.41 bits per heavy atom. The summed E-state index contributed by atoms with van der Waals surface area (Å²) >= 11 is 0. The number of nitriles is 1. The van der Waals surface area contributed by atoms with Crippen molar-refractivity contribution in [2.45, 2.75) is 26.1 Å². The minimum Gasteiger partial charge on any atom is -0.463 e. The summed E-state index contributed by atoms with van der Waals surface area (Å²) in [6, 6.07) is 4.06. The molecule has 0 bridgehead atoms. The molecule has 1 atom stereocenters. The number of nitrogens with two attached hydrogens (primary N) is 1. The van der Waals surface area contributed by atoms with Gasteiger partial charge in [-0.05, 0) is 19.9 Å². The van der Waals surface area contributed by atoms with Crippen LogP contribution in [0.2, 0.25) is 0 Å². The molecule has 1 aliphatic rings. The first-order valence-electron chi connectivity index (χ1n) is 7.59. The maximum atomic E-state index is 13.5. The summed E-state index contributed by atoms with van der Waals surface area (Å²) in [5.41, 5.74) is 4.80. The predicted octanol–water partition coefficient (Wildman–Crippen LogP) is 3.37. The van der Waals surface area contributed by atoms with Crippen molar-refractivity contribution in [2.75, 3.05) is 6.61 Å².